The van der Waals surface area contributed by atoms with Gasteiger partial charge < -0.3 is 14.5 Å². The number of nitrogens with one attached hydrogen (secondary N) is 1. The number of hydrogen-bond donors (Lipinski definition) is 1. The van der Waals surface area contributed by atoms with E-state index in [-0.39, 0.29) is 11.7 Å². The minimum absolute atomic E-state index is 0.309. The van der Waals surface area contributed by atoms with E-state index < -0.39 is 0 Å². The van der Waals surface area contributed by atoms with Crippen LogP contribution in [0.25, 0.3) is 27.7 Å². The number of carbonyl (C=O) groups excluding carboxylic acids is 1. The van der Waals surface area contributed by atoms with Gasteiger partial charge in [-0.15, -0.1) is 0 Å². The van der Waals surface area contributed by atoms with Gasteiger partial charge in [-0.25, -0.2) is 4.39 Å². The van der Waals surface area contributed by atoms with Gasteiger partial charge in [-0.2, -0.15) is 0 Å². The Balaban J connectivity index is 1.78. The molecule has 1 aromatic heterocycles. The molecule has 0 saturated heterocycles. The Morgan fingerprint density at radius 3 is 2.59 bits per heavy atom. The van der Waals surface area contributed by atoms with Crippen LogP contribution in [0.3, 0.4) is 0 Å². The SMILES string of the molecule is CCOc1c(/C(C)=C/C(=O)Nc2cc(Cl)ccc2Cl)cc2c(-c3ccc(F)cc3)coc2c1C. The van der Waals surface area contributed by atoms with Gasteiger partial charge >= 0.3 is 0 Å². The largest absolute Gasteiger partial charge is 0.493 e. The number of aryl methyl sites for hydroxylation is 1. The molecule has 34 heavy (non-hydrogen) atoms. The molecule has 3 aromatic carbocycles. The van der Waals surface area contributed by atoms with Gasteiger partial charge in [0.25, 0.3) is 0 Å². The normalized spacial score (nSPS) is 11.6. The van der Waals surface area contributed by atoms with Crippen LogP contribution >= 0.6 is 23.2 Å². The molecular formula is C27H22Cl2FNO3. The minimum Gasteiger partial charge on any atom is -0.493 e. The van der Waals surface area contributed by atoms with Crippen LogP contribution in [0.2, 0.25) is 10.0 Å². The molecule has 0 radical (unpaired) electrons. The first-order valence-electron chi connectivity index (χ1n) is 10.7. The van der Waals surface area contributed by atoms with Gasteiger partial charge in [-0.3, -0.25) is 4.79 Å². The van der Waals surface area contributed by atoms with E-state index in [4.69, 9.17) is 32.4 Å². The Hall–Kier alpha value is -3.28. The van der Waals surface area contributed by atoms with Gasteiger partial charge in [0.05, 0.1) is 23.6 Å². The molecule has 174 valence electrons. The van der Waals surface area contributed by atoms with Crippen LogP contribution in [-0.4, -0.2) is 12.5 Å². The summed E-state index contributed by atoms with van der Waals surface area (Å²) in [5.74, 6) is -0.0261. The lowest BCUT2D eigenvalue weighted by Gasteiger charge is -2.15. The van der Waals surface area contributed by atoms with Crippen molar-refractivity contribution in [1.82, 2.24) is 0 Å². The summed E-state index contributed by atoms with van der Waals surface area (Å²) in [6.07, 6.45) is 3.13. The van der Waals surface area contributed by atoms with Crippen LogP contribution in [0.1, 0.15) is 25.0 Å². The highest BCUT2D eigenvalue weighted by atomic mass is 35.5. The van der Waals surface area contributed by atoms with Gasteiger partial charge in [0.1, 0.15) is 17.1 Å². The minimum atomic E-state index is -0.354. The van der Waals surface area contributed by atoms with Gasteiger partial charge in [-0.1, -0.05) is 35.3 Å². The molecule has 0 spiro atoms. The number of carbonyl (C=O) groups is 1. The summed E-state index contributed by atoms with van der Waals surface area (Å²) in [5.41, 5.74) is 5.01. The summed E-state index contributed by atoms with van der Waals surface area (Å²) in [6.45, 7) is 6.09. The van der Waals surface area contributed by atoms with E-state index in [1.165, 1.54) is 18.2 Å². The van der Waals surface area contributed by atoms with E-state index in [1.807, 2.05) is 26.8 Å². The molecule has 4 nitrogen and oxygen atoms in total. The van der Waals surface area contributed by atoms with Crippen molar-refractivity contribution in [3.8, 4) is 16.9 Å². The Kier molecular flexibility index (Phi) is 6.96. The molecule has 0 atom stereocenters. The van der Waals surface area contributed by atoms with Crippen LogP contribution in [0.5, 0.6) is 5.75 Å². The molecule has 4 rings (SSSR count). The fourth-order valence-corrected chi connectivity index (χ4v) is 4.17. The molecule has 4 aromatic rings. The molecule has 0 unspecified atom stereocenters. The van der Waals surface area contributed by atoms with Crippen molar-refractivity contribution in [3.05, 3.63) is 87.9 Å². The molecule has 1 N–H and O–H groups in total. The first-order valence-corrected chi connectivity index (χ1v) is 11.4. The Labute approximate surface area is 206 Å². The Bertz CT molecular complexity index is 1410. The number of ether oxygens (including phenoxy) is 1. The number of amides is 1. The lowest BCUT2D eigenvalue weighted by Crippen LogP contribution is -2.09. The lowest BCUT2D eigenvalue weighted by atomic mass is 9.96. The zero-order valence-electron chi connectivity index (χ0n) is 18.8. The molecular weight excluding hydrogens is 476 g/mol. The van der Waals surface area contributed by atoms with E-state index in [9.17, 15) is 9.18 Å². The standard InChI is InChI=1S/C27H22Cl2FNO3/c1-4-33-26-16(3)27-21(22(14-34-27)17-5-8-19(30)9-6-17)13-20(26)15(2)11-25(32)31-24-12-18(28)7-10-23(24)29/h5-14H,4H2,1-3H3,(H,31,32)/b15-11+. The first kappa shape index (κ1) is 23.9. The maximum atomic E-state index is 13.4. The van der Waals surface area contributed by atoms with Crippen LogP contribution in [0, 0.1) is 12.7 Å². The number of benzene rings is 3. The summed E-state index contributed by atoms with van der Waals surface area (Å²) in [6, 6.07) is 13.0. The van der Waals surface area contributed by atoms with Crippen molar-refractivity contribution >= 4 is 51.3 Å². The number of furan rings is 1. The quantitative estimate of drug-likeness (QED) is 0.272. The van der Waals surface area contributed by atoms with Gasteiger partial charge in [0.2, 0.25) is 5.91 Å². The second-order valence-electron chi connectivity index (χ2n) is 7.78. The molecule has 0 saturated carbocycles. The number of halogens is 3. The van der Waals surface area contributed by atoms with E-state index >= 15 is 0 Å². The molecule has 0 aliphatic rings. The van der Waals surface area contributed by atoms with Crippen LogP contribution < -0.4 is 10.1 Å². The molecule has 0 aliphatic carbocycles. The predicted molar refractivity (Wildman–Crippen MR) is 136 cm³/mol. The second-order valence-corrected chi connectivity index (χ2v) is 8.63. The monoisotopic (exact) mass is 497 g/mol. The highest BCUT2D eigenvalue weighted by Crippen LogP contribution is 2.41. The van der Waals surface area contributed by atoms with Crippen molar-refractivity contribution in [2.75, 3.05) is 11.9 Å². The average molecular weight is 498 g/mol. The summed E-state index contributed by atoms with van der Waals surface area (Å²) < 4.78 is 25.3. The fourth-order valence-electron chi connectivity index (χ4n) is 3.83. The summed E-state index contributed by atoms with van der Waals surface area (Å²) in [7, 11) is 0. The Morgan fingerprint density at radius 2 is 1.88 bits per heavy atom. The van der Waals surface area contributed by atoms with Crippen molar-refractivity contribution < 1.29 is 18.3 Å². The average Bonchev–Trinajstić information content (AvgIpc) is 3.23. The van der Waals surface area contributed by atoms with E-state index in [2.05, 4.69) is 5.32 Å². The summed E-state index contributed by atoms with van der Waals surface area (Å²) in [4.78, 5) is 12.8. The summed E-state index contributed by atoms with van der Waals surface area (Å²) >= 11 is 12.2. The third kappa shape index (κ3) is 4.81. The first-order chi connectivity index (χ1) is 16.3. The van der Waals surface area contributed by atoms with Crippen LogP contribution in [-0.2, 0) is 4.79 Å². The summed E-state index contributed by atoms with van der Waals surface area (Å²) in [5, 5.41) is 4.46. The van der Waals surface area contributed by atoms with E-state index in [1.54, 1.807) is 36.6 Å². The number of rotatable bonds is 6. The molecule has 7 heteroatoms. The van der Waals surface area contributed by atoms with Gasteiger partial charge in [-0.05, 0) is 68.3 Å². The maximum absolute atomic E-state index is 13.4. The number of allylic oxidation sites excluding steroid dienone is 1. The maximum Gasteiger partial charge on any atom is 0.248 e. The highest BCUT2D eigenvalue weighted by molar-refractivity contribution is 6.35. The van der Waals surface area contributed by atoms with E-state index in [0.29, 0.717) is 39.2 Å². The molecule has 0 bridgehead atoms. The van der Waals surface area contributed by atoms with Crippen molar-refractivity contribution in [2.24, 2.45) is 0 Å². The van der Waals surface area contributed by atoms with Crippen molar-refractivity contribution in [3.63, 3.8) is 0 Å². The Morgan fingerprint density at radius 1 is 1.15 bits per heavy atom. The van der Waals surface area contributed by atoms with Crippen molar-refractivity contribution in [1.29, 1.82) is 0 Å². The second kappa shape index (κ2) is 9.92. The predicted octanol–water partition coefficient (Wildman–Crippen LogP) is 8.29. The molecule has 0 fully saturated rings. The zero-order chi connectivity index (χ0) is 24.4. The zero-order valence-corrected chi connectivity index (χ0v) is 20.4. The van der Waals surface area contributed by atoms with Crippen LogP contribution in [0.4, 0.5) is 10.1 Å². The molecule has 0 aliphatic heterocycles. The van der Waals surface area contributed by atoms with E-state index in [0.717, 1.165) is 27.6 Å². The molecule has 1 heterocycles. The fraction of sp³-hybridized carbons (Fsp3) is 0.148. The molecule has 1 amide bonds. The third-order valence-electron chi connectivity index (χ3n) is 5.45. The van der Waals surface area contributed by atoms with Crippen LogP contribution in [0.15, 0.2) is 65.3 Å². The van der Waals surface area contributed by atoms with Crippen molar-refractivity contribution in [2.45, 2.75) is 20.8 Å². The highest BCUT2D eigenvalue weighted by Gasteiger charge is 2.19. The topological polar surface area (TPSA) is 51.5 Å². The van der Waals surface area contributed by atoms with Gasteiger partial charge in [0.15, 0.2) is 0 Å². The number of fused-ring (bicyclic) bond motifs is 1. The third-order valence-corrected chi connectivity index (χ3v) is 6.01. The number of hydrogen-bond acceptors (Lipinski definition) is 3. The number of anilines is 1. The lowest BCUT2D eigenvalue weighted by molar-refractivity contribution is -0.111. The smallest absolute Gasteiger partial charge is 0.248 e. The van der Waals surface area contributed by atoms with Gasteiger partial charge in [0, 0.05) is 33.2 Å².